The van der Waals surface area contributed by atoms with Gasteiger partial charge in [-0.05, 0) is 133 Å². The summed E-state index contributed by atoms with van der Waals surface area (Å²) in [5.74, 6) is 6.05. The third-order valence-corrected chi connectivity index (χ3v) is 19.0. The average Bonchev–Trinajstić information content (AvgIpc) is 4.05. The number of carbonyl (C=O) groups is 3. The largest absolute Gasteiger partial charge is 0.504 e. The quantitative estimate of drug-likeness (QED) is 0.0822. The van der Waals surface area contributed by atoms with Crippen molar-refractivity contribution in [3.8, 4) is 23.3 Å². The Morgan fingerprint density at radius 3 is 2.46 bits per heavy atom. The topological polar surface area (TPSA) is 196 Å². The number of amides is 1. The molecule has 5 aliphatic carbocycles. The van der Waals surface area contributed by atoms with E-state index in [0.717, 1.165) is 68.9 Å². The van der Waals surface area contributed by atoms with Crippen molar-refractivity contribution in [1.29, 1.82) is 0 Å². The van der Waals surface area contributed by atoms with Gasteiger partial charge in [-0.15, -0.1) is 5.92 Å². The van der Waals surface area contributed by atoms with Crippen LogP contribution in [0.4, 0.5) is 0 Å². The van der Waals surface area contributed by atoms with Gasteiger partial charge in [0, 0.05) is 85.4 Å². The highest BCUT2D eigenvalue weighted by molar-refractivity contribution is 5.90. The first-order valence-corrected chi connectivity index (χ1v) is 26.9. The summed E-state index contributed by atoms with van der Waals surface area (Å²) in [6.07, 6.45) is 13.6. The molecule has 3 heterocycles. The minimum atomic E-state index is -1.16. The van der Waals surface area contributed by atoms with E-state index in [0.29, 0.717) is 102 Å². The number of aromatic hydroxyl groups is 1. The lowest BCUT2D eigenvalue weighted by Gasteiger charge is -2.56. The Morgan fingerprint density at radius 1 is 0.971 bits per heavy atom. The van der Waals surface area contributed by atoms with Gasteiger partial charge in [0.25, 0.3) is 0 Å². The number of benzene rings is 1. The number of phenols is 1. The van der Waals surface area contributed by atoms with Gasteiger partial charge in [-0.3, -0.25) is 9.59 Å². The van der Waals surface area contributed by atoms with E-state index in [9.17, 15) is 30.0 Å². The maximum atomic E-state index is 15.6. The summed E-state index contributed by atoms with van der Waals surface area (Å²) in [4.78, 5) is 42.4. The number of rotatable bonds is 13. The van der Waals surface area contributed by atoms with Crippen LogP contribution in [0, 0.1) is 52.3 Å². The molecular formula is C55H81N3O10. The van der Waals surface area contributed by atoms with Crippen molar-refractivity contribution >= 4 is 17.8 Å². The third-order valence-electron chi connectivity index (χ3n) is 19.0. The van der Waals surface area contributed by atoms with Crippen LogP contribution in [0.25, 0.3) is 0 Å². The smallest absolute Gasteiger partial charge is 0.332 e. The lowest BCUT2D eigenvalue weighted by atomic mass is 9.51. The van der Waals surface area contributed by atoms with Crippen molar-refractivity contribution in [2.45, 2.75) is 203 Å². The molecule has 3 aliphatic heterocycles. The monoisotopic (exact) mass is 944 g/mol. The third kappa shape index (κ3) is 9.81. The molecule has 0 radical (unpaired) electrons. The zero-order valence-corrected chi connectivity index (χ0v) is 40.9. The van der Waals surface area contributed by atoms with E-state index >= 15 is 4.79 Å². The number of hydrogen-bond donors (Lipinski definition) is 7. The molecule has 376 valence electrons. The van der Waals surface area contributed by atoms with Gasteiger partial charge < -0.3 is 50.6 Å². The zero-order valence-electron chi connectivity index (χ0n) is 40.9. The number of nitrogens with one attached hydrogen (secondary N) is 3. The van der Waals surface area contributed by atoms with Crippen LogP contribution in [0.5, 0.6) is 11.5 Å². The second-order valence-corrected chi connectivity index (χ2v) is 22.9. The van der Waals surface area contributed by atoms with Crippen LogP contribution in [0.1, 0.15) is 178 Å². The maximum Gasteiger partial charge on any atom is 0.332 e. The van der Waals surface area contributed by atoms with Crippen LogP contribution in [0.3, 0.4) is 0 Å². The molecular weight excluding hydrogens is 863 g/mol. The molecule has 1 aromatic carbocycles. The Bertz CT molecular complexity index is 2010. The van der Waals surface area contributed by atoms with Gasteiger partial charge in [0.1, 0.15) is 17.7 Å². The predicted octanol–water partition coefficient (Wildman–Crippen LogP) is 6.67. The summed E-state index contributed by atoms with van der Waals surface area (Å²) < 4.78 is 20.5. The number of aliphatic hydroxyl groups is 3. The Hall–Kier alpha value is -3.41. The molecule has 0 bridgehead atoms. The molecule has 1 aromatic rings. The number of esters is 2. The van der Waals surface area contributed by atoms with Crippen LogP contribution in [-0.4, -0.2) is 107 Å². The molecule has 1 spiro atoms. The predicted molar refractivity (Wildman–Crippen MR) is 256 cm³/mol. The lowest BCUT2D eigenvalue weighted by Crippen LogP contribution is -2.65. The average molecular weight is 944 g/mol. The summed E-state index contributed by atoms with van der Waals surface area (Å²) >= 11 is 0. The molecule has 13 nitrogen and oxygen atoms in total. The lowest BCUT2D eigenvalue weighted by molar-refractivity contribution is -0.183. The molecule has 12 atom stereocenters. The Kier molecular flexibility index (Phi) is 15.4. The first-order chi connectivity index (χ1) is 32.9. The van der Waals surface area contributed by atoms with E-state index in [2.05, 4.69) is 33.9 Å². The van der Waals surface area contributed by atoms with Gasteiger partial charge in [-0.2, -0.15) is 0 Å². The molecule has 8 aliphatic rings. The minimum Gasteiger partial charge on any atom is -0.504 e. The fourth-order valence-electron chi connectivity index (χ4n) is 15.6. The molecule has 13 heteroatoms. The summed E-state index contributed by atoms with van der Waals surface area (Å²) in [6.45, 7) is 5.45. The maximum absolute atomic E-state index is 15.6. The van der Waals surface area contributed by atoms with Gasteiger partial charge >= 0.3 is 11.9 Å². The number of fused-ring (bicyclic) bond motifs is 4. The second-order valence-electron chi connectivity index (χ2n) is 22.9. The highest BCUT2D eigenvalue weighted by Crippen LogP contribution is 2.65. The first-order valence-electron chi connectivity index (χ1n) is 26.9. The van der Waals surface area contributed by atoms with E-state index < -0.39 is 47.3 Å². The van der Waals surface area contributed by atoms with Crippen LogP contribution >= 0.6 is 0 Å². The van der Waals surface area contributed by atoms with Crippen LogP contribution < -0.4 is 20.7 Å². The fourth-order valence-corrected chi connectivity index (χ4v) is 15.6. The number of ether oxygens (including phenoxy) is 3. The van der Waals surface area contributed by atoms with Gasteiger partial charge in [0.05, 0.1) is 18.8 Å². The van der Waals surface area contributed by atoms with Crippen molar-refractivity contribution in [3.63, 3.8) is 0 Å². The van der Waals surface area contributed by atoms with Crippen molar-refractivity contribution in [3.05, 3.63) is 23.3 Å². The Labute approximate surface area is 404 Å². The molecule has 0 aromatic heterocycles. The van der Waals surface area contributed by atoms with Gasteiger partial charge in [-0.1, -0.05) is 50.5 Å². The highest BCUT2D eigenvalue weighted by Gasteiger charge is 2.60. The Morgan fingerprint density at radius 2 is 1.72 bits per heavy atom. The van der Waals surface area contributed by atoms with Crippen LogP contribution in [-0.2, 0) is 23.9 Å². The number of carbonyl (C=O) groups excluding carboxylic acids is 3. The first kappa shape index (κ1) is 49.6. The number of piperidine rings is 2. The molecule has 68 heavy (non-hydrogen) atoms. The second kappa shape index (κ2) is 21.1. The van der Waals surface area contributed by atoms with Gasteiger partial charge in [0.15, 0.2) is 11.5 Å². The van der Waals surface area contributed by atoms with E-state index in [1.165, 1.54) is 19.8 Å². The normalized spacial score (nSPS) is 35.1. The molecule has 5 fully saturated rings. The molecule has 9 rings (SSSR count). The van der Waals surface area contributed by atoms with Crippen molar-refractivity contribution in [2.75, 3.05) is 32.8 Å². The van der Waals surface area contributed by atoms with Crippen molar-refractivity contribution in [2.24, 2.45) is 40.4 Å². The van der Waals surface area contributed by atoms with E-state index in [1.807, 2.05) is 0 Å². The van der Waals surface area contributed by atoms with E-state index in [4.69, 9.17) is 14.2 Å². The van der Waals surface area contributed by atoms with E-state index in [1.54, 1.807) is 13.0 Å². The Balaban J connectivity index is 1.19. The summed E-state index contributed by atoms with van der Waals surface area (Å²) in [5, 5.41) is 55.9. The molecule has 2 saturated heterocycles. The standard InChI is InChI=1S/C55H81N3O10/c1-34(60)28-36-10-9-11-37-29-43-44(53(33-59)21-7-8-22-53)32-66-51-45(63)19-18-42(49(43)51)50(37)54(24-26-56-27-25-54)47(68-52(65)55-23-6-5-12-38(55)15-20-48(64)58-55)30-46(67-35(2)61)41(36)17-16-40(62)31-57-39-13-3-4-14-39/h18-19,34,36-41,43-44,46-47,50,56-57,59-60,62-63H,3-8,10,12-17,20-33H2,1-2H3,(H,58,64). The molecule has 7 N–H and O–H groups in total. The SMILES string of the molecule is CC(=O)OC1CC(OC(=O)C23CCCCC2CCC(=O)N3)C2(CCNCC2)C2c3ccc(O)c4c3C(CC2C#CCC(CC(C)O)C1CCC(O)CNC1CCCC1)C(C1(CO)CCCC1)CO4. The van der Waals surface area contributed by atoms with Gasteiger partial charge in [0.2, 0.25) is 5.91 Å². The fraction of sp³-hybridized carbons (Fsp3) is 0.800. The summed E-state index contributed by atoms with van der Waals surface area (Å²) in [7, 11) is 0. The molecule has 1 amide bonds. The molecule has 3 saturated carbocycles. The summed E-state index contributed by atoms with van der Waals surface area (Å²) in [6, 6.07) is 4.19. The zero-order chi connectivity index (χ0) is 47.6. The van der Waals surface area contributed by atoms with Crippen molar-refractivity contribution in [1.82, 2.24) is 16.0 Å². The number of hydrogen-bond acceptors (Lipinski definition) is 12. The number of phenolic OH excluding ortho intramolecular Hbond substituents is 1. The van der Waals surface area contributed by atoms with Gasteiger partial charge in [-0.25, -0.2) is 4.79 Å². The van der Waals surface area contributed by atoms with Crippen LogP contribution in [0.2, 0.25) is 0 Å². The number of aliphatic hydroxyl groups excluding tert-OH is 3. The highest BCUT2D eigenvalue weighted by atomic mass is 16.6. The molecule has 12 unspecified atom stereocenters. The van der Waals surface area contributed by atoms with Crippen molar-refractivity contribution < 1.29 is 49.0 Å². The van der Waals surface area contributed by atoms with E-state index in [-0.39, 0.29) is 71.5 Å². The summed E-state index contributed by atoms with van der Waals surface area (Å²) in [5.41, 5.74) is -0.208. The van der Waals surface area contributed by atoms with Crippen LogP contribution in [0.15, 0.2) is 12.1 Å². The minimum absolute atomic E-state index is 0.00845.